The van der Waals surface area contributed by atoms with E-state index < -0.39 is 0 Å². The minimum atomic E-state index is -0.326. The van der Waals surface area contributed by atoms with Gasteiger partial charge in [-0.3, -0.25) is 4.79 Å². The molecule has 0 spiro atoms. The SMILES string of the molecule is Cl.O=C(NCCOc1cccc(F)c1)C1CCCCN1. The normalized spacial score (nSPS) is 17.9. The van der Waals surface area contributed by atoms with Crippen LogP contribution in [0.15, 0.2) is 24.3 Å². The highest BCUT2D eigenvalue weighted by Gasteiger charge is 2.19. The van der Waals surface area contributed by atoms with Gasteiger partial charge in [0.25, 0.3) is 0 Å². The number of hydrogen-bond donors (Lipinski definition) is 2. The van der Waals surface area contributed by atoms with Gasteiger partial charge in [0.15, 0.2) is 0 Å². The molecule has 1 atom stereocenters. The van der Waals surface area contributed by atoms with Gasteiger partial charge >= 0.3 is 0 Å². The fraction of sp³-hybridized carbons (Fsp3) is 0.500. The van der Waals surface area contributed by atoms with Gasteiger partial charge in [-0.05, 0) is 31.5 Å². The van der Waals surface area contributed by atoms with Crippen LogP contribution in [0.25, 0.3) is 0 Å². The van der Waals surface area contributed by atoms with Gasteiger partial charge in [0.1, 0.15) is 18.2 Å². The van der Waals surface area contributed by atoms with Crippen LogP contribution in [0.3, 0.4) is 0 Å². The zero-order chi connectivity index (χ0) is 13.5. The first-order valence-electron chi connectivity index (χ1n) is 6.65. The summed E-state index contributed by atoms with van der Waals surface area (Å²) >= 11 is 0. The van der Waals surface area contributed by atoms with Crippen molar-refractivity contribution in [1.82, 2.24) is 10.6 Å². The lowest BCUT2D eigenvalue weighted by Gasteiger charge is -2.22. The van der Waals surface area contributed by atoms with Crippen LogP contribution in [0.4, 0.5) is 4.39 Å². The van der Waals surface area contributed by atoms with Gasteiger partial charge in [-0.15, -0.1) is 12.4 Å². The molecule has 112 valence electrons. The molecule has 1 aromatic carbocycles. The third-order valence-corrected chi connectivity index (χ3v) is 3.09. The van der Waals surface area contributed by atoms with E-state index >= 15 is 0 Å². The summed E-state index contributed by atoms with van der Waals surface area (Å²) in [5, 5.41) is 6.00. The van der Waals surface area contributed by atoms with Crippen molar-refractivity contribution in [2.75, 3.05) is 19.7 Å². The minimum absolute atomic E-state index is 0. The molecule has 0 aromatic heterocycles. The van der Waals surface area contributed by atoms with Crippen LogP contribution in [0.5, 0.6) is 5.75 Å². The van der Waals surface area contributed by atoms with Crippen LogP contribution < -0.4 is 15.4 Å². The Balaban J connectivity index is 0.00000200. The van der Waals surface area contributed by atoms with E-state index in [0.717, 1.165) is 25.8 Å². The van der Waals surface area contributed by atoms with Crippen LogP contribution in [0.2, 0.25) is 0 Å². The van der Waals surface area contributed by atoms with Gasteiger partial charge < -0.3 is 15.4 Å². The van der Waals surface area contributed by atoms with E-state index in [1.807, 2.05) is 0 Å². The zero-order valence-corrected chi connectivity index (χ0v) is 12.0. The predicted molar refractivity (Wildman–Crippen MR) is 77.8 cm³/mol. The van der Waals surface area contributed by atoms with Crippen molar-refractivity contribution in [1.29, 1.82) is 0 Å². The molecule has 1 amide bonds. The van der Waals surface area contributed by atoms with Crippen molar-refractivity contribution in [3.63, 3.8) is 0 Å². The monoisotopic (exact) mass is 302 g/mol. The maximum Gasteiger partial charge on any atom is 0.237 e. The van der Waals surface area contributed by atoms with Crippen LogP contribution in [-0.2, 0) is 4.79 Å². The summed E-state index contributed by atoms with van der Waals surface area (Å²) in [4.78, 5) is 11.8. The van der Waals surface area contributed by atoms with E-state index in [9.17, 15) is 9.18 Å². The number of piperidine rings is 1. The molecule has 2 rings (SSSR count). The first-order valence-corrected chi connectivity index (χ1v) is 6.65. The van der Waals surface area contributed by atoms with Crippen molar-refractivity contribution in [2.24, 2.45) is 0 Å². The molecule has 1 heterocycles. The molecule has 1 saturated heterocycles. The van der Waals surface area contributed by atoms with Gasteiger partial charge in [0.05, 0.1) is 12.6 Å². The molecule has 0 aliphatic carbocycles. The number of benzene rings is 1. The first-order chi connectivity index (χ1) is 9.25. The number of amides is 1. The van der Waals surface area contributed by atoms with Crippen molar-refractivity contribution >= 4 is 18.3 Å². The van der Waals surface area contributed by atoms with E-state index in [1.54, 1.807) is 12.1 Å². The molecule has 4 nitrogen and oxygen atoms in total. The molecule has 1 unspecified atom stereocenters. The van der Waals surface area contributed by atoms with Gasteiger partial charge in [0.2, 0.25) is 5.91 Å². The molecular formula is C14H20ClFN2O2. The van der Waals surface area contributed by atoms with E-state index in [1.165, 1.54) is 12.1 Å². The summed E-state index contributed by atoms with van der Waals surface area (Å²) in [6.45, 7) is 1.66. The average Bonchev–Trinajstić information content (AvgIpc) is 2.44. The number of ether oxygens (including phenoxy) is 1. The third-order valence-electron chi connectivity index (χ3n) is 3.09. The smallest absolute Gasteiger partial charge is 0.237 e. The largest absolute Gasteiger partial charge is 0.492 e. The highest BCUT2D eigenvalue weighted by atomic mass is 35.5. The molecule has 0 bridgehead atoms. The molecular weight excluding hydrogens is 283 g/mol. The first kappa shape index (κ1) is 16.7. The number of nitrogens with one attached hydrogen (secondary N) is 2. The minimum Gasteiger partial charge on any atom is -0.492 e. The van der Waals surface area contributed by atoms with Crippen molar-refractivity contribution in [3.8, 4) is 5.75 Å². The van der Waals surface area contributed by atoms with Crippen LogP contribution in [0.1, 0.15) is 19.3 Å². The van der Waals surface area contributed by atoms with E-state index in [2.05, 4.69) is 10.6 Å². The van der Waals surface area contributed by atoms with Crippen LogP contribution in [-0.4, -0.2) is 31.6 Å². The maximum absolute atomic E-state index is 12.9. The van der Waals surface area contributed by atoms with Gasteiger partial charge in [-0.25, -0.2) is 4.39 Å². The number of rotatable bonds is 5. The Labute approximate surface area is 124 Å². The molecule has 1 aromatic rings. The van der Waals surface area contributed by atoms with E-state index in [4.69, 9.17) is 4.74 Å². The number of carbonyl (C=O) groups is 1. The Morgan fingerprint density at radius 3 is 3.00 bits per heavy atom. The summed E-state index contributed by atoms with van der Waals surface area (Å²) < 4.78 is 18.2. The Kier molecular flexibility index (Phi) is 7.33. The molecule has 1 aliphatic rings. The van der Waals surface area contributed by atoms with Gasteiger partial charge in [-0.2, -0.15) is 0 Å². The van der Waals surface area contributed by atoms with E-state index in [-0.39, 0.29) is 30.2 Å². The molecule has 0 saturated carbocycles. The number of carbonyl (C=O) groups excluding carboxylic acids is 1. The third kappa shape index (κ3) is 5.35. The zero-order valence-electron chi connectivity index (χ0n) is 11.2. The summed E-state index contributed by atoms with van der Waals surface area (Å²) in [7, 11) is 0. The van der Waals surface area contributed by atoms with Crippen molar-refractivity contribution < 1.29 is 13.9 Å². The fourth-order valence-electron chi connectivity index (χ4n) is 2.10. The lowest BCUT2D eigenvalue weighted by Crippen LogP contribution is -2.47. The molecule has 2 N–H and O–H groups in total. The second-order valence-electron chi connectivity index (χ2n) is 4.60. The average molecular weight is 303 g/mol. The second-order valence-corrected chi connectivity index (χ2v) is 4.60. The Bertz CT molecular complexity index is 425. The summed E-state index contributed by atoms with van der Waals surface area (Å²) in [6.07, 6.45) is 3.11. The van der Waals surface area contributed by atoms with E-state index in [0.29, 0.717) is 18.9 Å². The highest BCUT2D eigenvalue weighted by Crippen LogP contribution is 2.11. The van der Waals surface area contributed by atoms with Crippen molar-refractivity contribution in [2.45, 2.75) is 25.3 Å². The van der Waals surface area contributed by atoms with Gasteiger partial charge in [0, 0.05) is 6.07 Å². The molecule has 0 radical (unpaired) electrons. The van der Waals surface area contributed by atoms with Gasteiger partial charge in [-0.1, -0.05) is 12.5 Å². The van der Waals surface area contributed by atoms with Crippen LogP contribution in [0, 0.1) is 5.82 Å². The van der Waals surface area contributed by atoms with Crippen molar-refractivity contribution in [3.05, 3.63) is 30.1 Å². The number of halogens is 2. The summed E-state index contributed by atoms with van der Waals surface area (Å²) in [5.74, 6) is 0.167. The maximum atomic E-state index is 12.9. The standard InChI is InChI=1S/C14H19FN2O2.ClH/c15-11-4-3-5-12(10-11)19-9-8-17-14(18)13-6-1-2-7-16-13;/h3-5,10,13,16H,1-2,6-9H2,(H,17,18);1H. The Morgan fingerprint density at radius 2 is 2.30 bits per heavy atom. The predicted octanol–water partition coefficient (Wildman–Crippen LogP) is 1.88. The fourth-order valence-corrected chi connectivity index (χ4v) is 2.10. The molecule has 1 fully saturated rings. The Morgan fingerprint density at radius 1 is 1.45 bits per heavy atom. The van der Waals surface area contributed by atoms with Crippen LogP contribution >= 0.6 is 12.4 Å². The molecule has 1 aliphatic heterocycles. The highest BCUT2D eigenvalue weighted by molar-refractivity contribution is 5.85. The summed E-state index contributed by atoms with van der Waals surface area (Å²) in [6, 6.07) is 5.89. The summed E-state index contributed by atoms with van der Waals surface area (Å²) in [5.41, 5.74) is 0. The second kappa shape index (κ2) is 8.76. The Hall–Kier alpha value is -1.33. The quantitative estimate of drug-likeness (QED) is 0.817. The molecule has 6 heteroatoms. The topological polar surface area (TPSA) is 50.4 Å². The lowest BCUT2D eigenvalue weighted by molar-refractivity contribution is -0.123. The molecule has 20 heavy (non-hydrogen) atoms. The number of hydrogen-bond acceptors (Lipinski definition) is 3. The lowest BCUT2D eigenvalue weighted by atomic mass is 10.0.